The summed E-state index contributed by atoms with van der Waals surface area (Å²) in [4.78, 5) is 12.7. The van der Waals surface area contributed by atoms with E-state index in [-0.39, 0.29) is 16.4 Å². The molecule has 5 nitrogen and oxygen atoms in total. The summed E-state index contributed by atoms with van der Waals surface area (Å²) in [6.07, 6.45) is 0. The molecule has 3 aromatic carbocycles. The Morgan fingerprint density at radius 1 is 1.00 bits per heavy atom. The number of thiophene rings is 1. The minimum absolute atomic E-state index is 0.0234. The van der Waals surface area contributed by atoms with Crippen molar-refractivity contribution in [2.24, 2.45) is 0 Å². The lowest BCUT2D eigenvalue weighted by atomic mass is 10.0. The molecule has 0 radical (unpaired) electrons. The lowest BCUT2D eigenvalue weighted by Crippen LogP contribution is -2.17. The molecule has 174 valence electrons. The van der Waals surface area contributed by atoms with Crippen LogP contribution in [0, 0.1) is 19.7 Å². The molecular weight excluding hydrogens is 472 g/mol. The van der Waals surface area contributed by atoms with Crippen LogP contribution in [-0.2, 0) is 9.09 Å². The predicted octanol–water partition coefficient (Wildman–Crippen LogP) is 7.11. The number of hydrogen-bond acceptors (Lipinski definition) is 4. The molecule has 1 atom stereocenters. The molecule has 0 spiro atoms. The molecule has 0 aliphatic carbocycles. The number of nitrogens with one attached hydrogen (secondary N) is 1. The van der Waals surface area contributed by atoms with Crippen LogP contribution in [0.4, 0.5) is 10.1 Å². The Morgan fingerprint density at radius 3 is 2.29 bits per heavy atom. The van der Waals surface area contributed by atoms with Crippen molar-refractivity contribution in [1.29, 1.82) is 0 Å². The van der Waals surface area contributed by atoms with Gasteiger partial charge >= 0.3 is 13.5 Å². The fourth-order valence-corrected chi connectivity index (χ4v) is 6.52. The summed E-state index contributed by atoms with van der Waals surface area (Å²) in [7, 11) is -2.24. The molecule has 0 amide bonds. The predicted molar refractivity (Wildman–Crippen MR) is 136 cm³/mol. The first kappa shape index (κ1) is 23.9. The lowest BCUT2D eigenvalue weighted by molar-refractivity contribution is 0.0703. The molecule has 34 heavy (non-hydrogen) atoms. The molecule has 0 aliphatic heterocycles. The fourth-order valence-electron chi connectivity index (χ4n) is 3.78. The number of aryl methyl sites for hydroxylation is 2. The third kappa shape index (κ3) is 4.68. The van der Waals surface area contributed by atoms with Crippen molar-refractivity contribution < 1.29 is 23.4 Å². The maximum absolute atomic E-state index is 14.1. The van der Waals surface area contributed by atoms with Crippen molar-refractivity contribution in [2.45, 2.75) is 13.8 Å². The molecule has 0 saturated carbocycles. The third-order valence-electron chi connectivity index (χ3n) is 5.47. The Hall–Kier alpha value is -3.25. The molecule has 8 heteroatoms. The average molecular weight is 496 g/mol. The van der Waals surface area contributed by atoms with Crippen molar-refractivity contribution in [3.05, 3.63) is 94.6 Å². The van der Waals surface area contributed by atoms with Crippen LogP contribution in [0.25, 0.3) is 21.6 Å². The maximum Gasteiger partial charge on any atom is 0.348 e. The van der Waals surface area contributed by atoms with Gasteiger partial charge in [-0.05, 0) is 48.7 Å². The molecule has 0 bridgehead atoms. The molecule has 2 N–H and O–H groups in total. The van der Waals surface area contributed by atoms with Gasteiger partial charge in [0.2, 0.25) is 0 Å². The molecule has 1 aromatic heterocycles. The Bertz CT molecular complexity index is 1410. The molecule has 1 unspecified atom stereocenters. The van der Waals surface area contributed by atoms with Crippen molar-refractivity contribution in [1.82, 2.24) is 0 Å². The highest BCUT2D eigenvalue weighted by Crippen LogP contribution is 2.48. The van der Waals surface area contributed by atoms with Crippen molar-refractivity contribution in [3.63, 3.8) is 0 Å². The van der Waals surface area contributed by atoms with Gasteiger partial charge in [0, 0.05) is 17.6 Å². The smallest absolute Gasteiger partial charge is 0.348 e. The highest BCUT2D eigenvalue weighted by Gasteiger charge is 2.30. The van der Waals surface area contributed by atoms with Gasteiger partial charge < -0.3 is 14.7 Å². The van der Waals surface area contributed by atoms with E-state index in [0.717, 1.165) is 28.0 Å². The summed E-state index contributed by atoms with van der Waals surface area (Å²) in [5.41, 5.74) is 3.99. The van der Waals surface area contributed by atoms with Gasteiger partial charge in [0.1, 0.15) is 10.7 Å². The van der Waals surface area contributed by atoms with Crippen molar-refractivity contribution in [3.8, 4) is 21.6 Å². The number of aromatic carboxylic acids is 1. The van der Waals surface area contributed by atoms with E-state index in [1.807, 2.05) is 38.1 Å². The summed E-state index contributed by atoms with van der Waals surface area (Å²) in [6, 6.07) is 20.8. The van der Waals surface area contributed by atoms with Crippen LogP contribution >= 0.6 is 18.9 Å². The summed E-state index contributed by atoms with van der Waals surface area (Å²) >= 11 is 1.07. The highest BCUT2D eigenvalue weighted by molar-refractivity contribution is 7.68. The van der Waals surface area contributed by atoms with Crippen molar-refractivity contribution in [2.75, 3.05) is 12.2 Å². The van der Waals surface area contributed by atoms with Crippen molar-refractivity contribution >= 4 is 35.8 Å². The summed E-state index contributed by atoms with van der Waals surface area (Å²) in [5.74, 6) is -1.45. The van der Waals surface area contributed by atoms with Crippen LogP contribution in [0.15, 0.2) is 72.8 Å². The van der Waals surface area contributed by atoms with Gasteiger partial charge in [-0.3, -0.25) is 4.57 Å². The Labute approximate surface area is 201 Å². The third-order valence-corrected chi connectivity index (χ3v) is 8.83. The van der Waals surface area contributed by atoms with E-state index in [4.69, 9.17) is 4.52 Å². The minimum Gasteiger partial charge on any atom is -0.477 e. The Morgan fingerprint density at radius 2 is 1.68 bits per heavy atom. The first-order valence-corrected chi connectivity index (χ1v) is 12.9. The lowest BCUT2D eigenvalue weighted by Gasteiger charge is -2.20. The molecule has 4 aromatic rings. The van der Waals surface area contributed by atoms with Gasteiger partial charge in [0.05, 0.1) is 11.0 Å². The Kier molecular flexibility index (Phi) is 6.71. The van der Waals surface area contributed by atoms with Crippen LogP contribution in [0.5, 0.6) is 0 Å². The van der Waals surface area contributed by atoms with E-state index in [9.17, 15) is 18.9 Å². The molecule has 1 heterocycles. The SMILES string of the molecule is COP(=O)(Nc1cc(-c2ccc(-c3ccccc3F)cc2)sc1C(=O)O)c1ccc(C)cc1C. The fraction of sp³-hybridized carbons (Fsp3) is 0.115. The van der Waals surface area contributed by atoms with Crippen LogP contribution in [0.2, 0.25) is 0 Å². The molecule has 0 aliphatic rings. The van der Waals surface area contributed by atoms with Gasteiger partial charge in [0.25, 0.3) is 0 Å². The van der Waals surface area contributed by atoms with Crippen LogP contribution in [-0.4, -0.2) is 18.2 Å². The summed E-state index contributed by atoms with van der Waals surface area (Å²) < 4.78 is 33.2. The number of rotatable bonds is 7. The van der Waals surface area contributed by atoms with E-state index in [1.165, 1.54) is 13.2 Å². The normalized spacial score (nSPS) is 12.8. The van der Waals surface area contributed by atoms with E-state index >= 15 is 0 Å². The molecule has 0 saturated heterocycles. The van der Waals surface area contributed by atoms with Crippen LogP contribution in [0.3, 0.4) is 0 Å². The standard InChI is InChI=1S/C26H23FNO4PS/c1-16-8-13-23(17(2)14-16)33(31,32-3)28-22-15-24(34-25(22)26(29)30)19-11-9-18(10-12-19)20-6-4-5-7-21(20)27/h4-15H,1-3H3,(H,28,31)(H,29,30). The van der Waals surface area contributed by atoms with E-state index in [0.29, 0.717) is 21.3 Å². The second-order valence-electron chi connectivity index (χ2n) is 7.85. The number of benzene rings is 3. The molecule has 4 rings (SSSR count). The molecular formula is C26H23FNO4PS. The monoisotopic (exact) mass is 495 g/mol. The number of anilines is 1. The number of carboxylic acids is 1. The highest BCUT2D eigenvalue weighted by atomic mass is 32.1. The van der Waals surface area contributed by atoms with Gasteiger partial charge in [-0.25, -0.2) is 9.18 Å². The van der Waals surface area contributed by atoms with E-state index in [2.05, 4.69) is 5.09 Å². The number of hydrogen-bond donors (Lipinski definition) is 2. The second-order valence-corrected chi connectivity index (χ2v) is 11.1. The zero-order chi connectivity index (χ0) is 24.5. The maximum atomic E-state index is 14.1. The molecule has 0 fully saturated rings. The van der Waals surface area contributed by atoms with Gasteiger partial charge in [-0.2, -0.15) is 0 Å². The quantitative estimate of drug-likeness (QED) is 0.267. The van der Waals surface area contributed by atoms with Gasteiger partial charge in [-0.15, -0.1) is 11.3 Å². The number of carbonyl (C=O) groups is 1. The van der Waals surface area contributed by atoms with E-state index in [1.54, 1.807) is 42.5 Å². The number of halogens is 1. The van der Waals surface area contributed by atoms with Crippen LogP contribution in [0.1, 0.15) is 20.8 Å². The van der Waals surface area contributed by atoms with Gasteiger partial charge in [0.15, 0.2) is 0 Å². The van der Waals surface area contributed by atoms with Crippen LogP contribution < -0.4 is 10.4 Å². The first-order chi connectivity index (χ1) is 16.2. The van der Waals surface area contributed by atoms with E-state index < -0.39 is 13.5 Å². The zero-order valence-corrected chi connectivity index (χ0v) is 20.5. The topological polar surface area (TPSA) is 75.6 Å². The summed E-state index contributed by atoms with van der Waals surface area (Å²) in [5, 5.41) is 13.1. The number of carboxylic acid groups (broad SMARTS) is 1. The minimum atomic E-state index is -3.58. The Balaban J connectivity index is 1.70. The average Bonchev–Trinajstić information content (AvgIpc) is 3.23. The largest absolute Gasteiger partial charge is 0.477 e. The second kappa shape index (κ2) is 9.55. The first-order valence-electron chi connectivity index (χ1n) is 10.5. The summed E-state index contributed by atoms with van der Waals surface area (Å²) in [6.45, 7) is 3.77. The zero-order valence-electron chi connectivity index (χ0n) is 18.8. The van der Waals surface area contributed by atoms with Gasteiger partial charge in [-0.1, -0.05) is 60.2 Å².